The van der Waals surface area contributed by atoms with E-state index in [1.807, 2.05) is 6.08 Å². The predicted molar refractivity (Wildman–Crippen MR) is 82.4 cm³/mol. The third-order valence-electron chi connectivity index (χ3n) is 3.48. The van der Waals surface area contributed by atoms with Gasteiger partial charge in [-0.05, 0) is 30.7 Å². The number of fused-ring (bicyclic) bond motifs is 3. The molecule has 0 unspecified atom stereocenters. The van der Waals surface area contributed by atoms with Crippen molar-refractivity contribution in [1.29, 1.82) is 0 Å². The van der Waals surface area contributed by atoms with Crippen LogP contribution in [0.3, 0.4) is 0 Å². The van der Waals surface area contributed by atoms with Gasteiger partial charge in [0.05, 0.1) is 5.39 Å². The second-order valence-electron chi connectivity index (χ2n) is 5.00. The molecule has 100 valence electrons. The highest BCUT2D eigenvalue weighted by Gasteiger charge is 2.23. The van der Waals surface area contributed by atoms with Crippen LogP contribution in [0.5, 0.6) is 0 Å². The molecule has 0 bridgehead atoms. The summed E-state index contributed by atoms with van der Waals surface area (Å²) in [6.07, 6.45) is 5.14. The van der Waals surface area contributed by atoms with Crippen LogP contribution in [0.2, 0.25) is 0 Å². The normalized spacial score (nSPS) is 18.5. The van der Waals surface area contributed by atoms with Gasteiger partial charge in [-0.15, -0.1) is 17.9 Å². The molecule has 2 aromatic heterocycles. The molecule has 19 heavy (non-hydrogen) atoms. The quantitative estimate of drug-likeness (QED) is 0.536. The number of H-pyrrole nitrogens is 1. The zero-order chi connectivity index (χ0) is 13.4. The molecule has 0 saturated heterocycles. The van der Waals surface area contributed by atoms with Crippen LogP contribution < -0.4 is 5.56 Å². The molecule has 0 spiro atoms. The minimum Gasteiger partial charge on any atom is -0.301 e. The van der Waals surface area contributed by atoms with E-state index in [0.717, 1.165) is 28.8 Å². The predicted octanol–water partition coefficient (Wildman–Crippen LogP) is 3.39. The lowest BCUT2D eigenvalue weighted by atomic mass is 9.89. The van der Waals surface area contributed by atoms with Crippen LogP contribution in [0.25, 0.3) is 10.2 Å². The highest BCUT2D eigenvalue weighted by atomic mass is 32.2. The number of rotatable bonds is 3. The van der Waals surface area contributed by atoms with E-state index in [-0.39, 0.29) is 5.56 Å². The van der Waals surface area contributed by atoms with Crippen molar-refractivity contribution in [2.24, 2.45) is 5.92 Å². The first kappa shape index (κ1) is 12.9. The minimum absolute atomic E-state index is 0.0168. The zero-order valence-corrected chi connectivity index (χ0v) is 12.5. The number of aromatic amines is 1. The van der Waals surface area contributed by atoms with Crippen molar-refractivity contribution in [3.63, 3.8) is 0 Å². The van der Waals surface area contributed by atoms with E-state index in [1.165, 1.54) is 28.6 Å². The van der Waals surface area contributed by atoms with Gasteiger partial charge in [-0.3, -0.25) is 4.79 Å². The Bertz CT molecular complexity index is 687. The van der Waals surface area contributed by atoms with Gasteiger partial charge in [-0.1, -0.05) is 24.8 Å². The standard InChI is InChI=1S/C14H16N2OS2/c1-3-6-18-14-15-12(17)11-9-7-8(2)4-5-10(9)19-13(11)16-14/h3,8H,1,4-7H2,2H3,(H,15,16,17)/t8-/m0/s1. The van der Waals surface area contributed by atoms with Crippen molar-refractivity contribution in [3.8, 4) is 0 Å². The summed E-state index contributed by atoms with van der Waals surface area (Å²) in [5.41, 5.74) is 1.26. The summed E-state index contributed by atoms with van der Waals surface area (Å²) in [6.45, 7) is 5.94. The van der Waals surface area contributed by atoms with E-state index in [2.05, 4.69) is 23.5 Å². The van der Waals surface area contributed by atoms with Gasteiger partial charge in [-0.25, -0.2) is 4.98 Å². The highest BCUT2D eigenvalue weighted by Crippen LogP contribution is 2.35. The molecular weight excluding hydrogens is 276 g/mol. The Balaban J connectivity index is 2.12. The number of nitrogens with zero attached hydrogens (tertiary/aromatic N) is 1. The van der Waals surface area contributed by atoms with Gasteiger partial charge < -0.3 is 4.98 Å². The fraction of sp³-hybridized carbons (Fsp3) is 0.429. The van der Waals surface area contributed by atoms with E-state index in [0.29, 0.717) is 11.1 Å². The van der Waals surface area contributed by atoms with E-state index < -0.39 is 0 Å². The fourth-order valence-corrected chi connectivity index (χ4v) is 4.41. The molecule has 5 heteroatoms. The molecular formula is C14H16N2OS2. The van der Waals surface area contributed by atoms with Gasteiger partial charge in [0.15, 0.2) is 5.16 Å². The Kier molecular flexibility index (Phi) is 3.50. The summed E-state index contributed by atoms with van der Waals surface area (Å²) in [7, 11) is 0. The number of thioether (sulfide) groups is 1. The first-order valence-corrected chi connectivity index (χ1v) is 8.27. The van der Waals surface area contributed by atoms with Crippen LogP contribution in [0.4, 0.5) is 0 Å². The Morgan fingerprint density at radius 1 is 1.63 bits per heavy atom. The zero-order valence-electron chi connectivity index (χ0n) is 10.9. The Morgan fingerprint density at radius 3 is 3.26 bits per heavy atom. The molecule has 2 heterocycles. The van der Waals surface area contributed by atoms with Crippen molar-refractivity contribution in [3.05, 3.63) is 33.4 Å². The molecule has 1 aliphatic rings. The van der Waals surface area contributed by atoms with Crippen LogP contribution in [-0.2, 0) is 12.8 Å². The maximum absolute atomic E-state index is 12.3. The summed E-state index contributed by atoms with van der Waals surface area (Å²) in [5.74, 6) is 1.43. The molecule has 1 aliphatic carbocycles. The third-order valence-corrected chi connectivity index (χ3v) is 5.53. The molecule has 3 rings (SSSR count). The first-order chi connectivity index (χ1) is 9.19. The van der Waals surface area contributed by atoms with Gasteiger partial charge in [0, 0.05) is 10.6 Å². The van der Waals surface area contributed by atoms with Crippen molar-refractivity contribution in [2.75, 3.05) is 5.75 Å². The molecule has 0 saturated carbocycles. The molecule has 0 radical (unpaired) electrons. The minimum atomic E-state index is 0.0168. The molecule has 3 nitrogen and oxygen atoms in total. The molecule has 1 atom stereocenters. The summed E-state index contributed by atoms with van der Waals surface area (Å²) in [4.78, 5) is 22.0. The molecule has 2 aromatic rings. The maximum atomic E-state index is 12.3. The average Bonchev–Trinajstić information content (AvgIpc) is 2.74. The van der Waals surface area contributed by atoms with Gasteiger partial charge in [0.1, 0.15) is 4.83 Å². The lowest BCUT2D eigenvalue weighted by Crippen LogP contribution is -2.14. The second-order valence-corrected chi connectivity index (χ2v) is 7.10. The molecule has 1 N–H and O–H groups in total. The van der Waals surface area contributed by atoms with Gasteiger partial charge in [0.25, 0.3) is 5.56 Å². The number of aromatic nitrogens is 2. The van der Waals surface area contributed by atoms with Crippen LogP contribution in [0.1, 0.15) is 23.8 Å². The third kappa shape index (κ3) is 2.37. The lowest BCUT2D eigenvalue weighted by molar-refractivity contribution is 0.508. The summed E-state index contributed by atoms with van der Waals surface area (Å²) < 4.78 is 0. The Hall–Kier alpha value is -1.07. The van der Waals surface area contributed by atoms with E-state index in [9.17, 15) is 4.79 Å². The summed E-state index contributed by atoms with van der Waals surface area (Å²) in [6, 6.07) is 0. The van der Waals surface area contributed by atoms with Crippen molar-refractivity contribution >= 4 is 33.3 Å². The van der Waals surface area contributed by atoms with Crippen LogP contribution in [-0.4, -0.2) is 15.7 Å². The van der Waals surface area contributed by atoms with Crippen LogP contribution >= 0.6 is 23.1 Å². The van der Waals surface area contributed by atoms with Crippen molar-refractivity contribution < 1.29 is 0 Å². The van der Waals surface area contributed by atoms with Crippen molar-refractivity contribution in [2.45, 2.75) is 31.3 Å². The fourth-order valence-electron chi connectivity index (χ4n) is 2.54. The Labute approximate surface area is 120 Å². The first-order valence-electron chi connectivity index (χ1n) is 6.47. The smallest absolute Gasteiger partial charge is 0.260 e. The van der Waals surface area contributed by atoms with Gasteiger partial charge in [0.2, 0.25) is 0 Å². The van der Waals surface area contributed by atoms with Gasteiger partial charge >= 0.3 is 0 Å². The monoisotopic (exact) mass is 292 g/mol. The molecule has 0 fully saturated rings. The van der Waals surface area contributed by atoms with Crippen LogP contribution in [0, 0.1) is 5.92 Å². The lowest BCUT2D eigenvalue weighted by Gasteiger charge is -2.17. The van der Waals surface area contributed by atoms with E-state index >= 15 is 0 Å². The SMILES string of the molecule is C=CCSc1nc2sc3c(c2c(=O)[nH]1)C[C@@H](C)CC3. The van der Waals surface area contributed by atoms with Crippen LogP contribution in [0.15, 0.2) is 22.6 Å². The largest absolute Gasteiger partial charge is 0.301 e. The number of aryl methyl sites for hydroxylation is 1. The van der Waals surface area contributed by atoms with E-state index in [1.54, 1.807) is 11.3 Å². The molecule has 0 aromatic carbocycles. The average molecular weight is 292 g/mol. The number of nitrogens with one attached hydrogen (secondary N) is 1. The number of hydrogen-bond donors (Lipinski definition) is 1. The summed E-state index contributed by atoms with van der Waals surface area (Å²) >= 11 is 3.21. The number of thiophene rings is 1. The number of hydrogen-bond acceptors (Lipinski definition) is 4. The topological polar surface area (TPSA) is 45.8 Å². The highest BCUT2D eigenvalue weighted by molar-refractivity contribution is 7.99. The summed E-state index contributed by atoms with van der Waals surface area (Å²) in [5, 5.41) is 1.53. The Morgan fingerprint density at radius 2 is 2.47 bits per heavy atom. The van der Waals surface area contributed by atoms with Gasteiger partial charge in [-0.2, -0.15) is 0 Å². The second kappa shape index (κ2) is 5.13. The molecule has 0 aliphatic heterocycles. The molecule has 0 amide bonds. The van der Waals surface area contributed by atoms with E-state index in [4.69, 9.17) is 0 Å². The van der Waals surface area contributed by atoms with Crippen molar-refractivity contribution in [1.82, 2.24) is 9.97 Å². The maximum Gasteiger partial charge on any atom is 0.260 e.